The highest BCUT2D eigenvalue weighted by molar-refractivity contribution is 6.31. The molecule has 0 aliphatic heterocycles. The number of benzene rings is 2. The summed E-state index contributed by atoms with van der Waals surface area (Å²) in [6.07, 6.45) is 2.81. The Balaban J connectivity index is 1.68. The average molecular weight is 407 g/mol. The maximum atomic E-state index is 12.2. The molecule has 1 aromatic heterocycles. The van der Waals surface area contributed by atoms with Crippen LogP contribution in [0, 0.1) is 0 Å². The Hall–Kier alpha value is -3.10. The van der Waals surface area contributed by atoms with E-state index in [1.807, 2.05) is 0 Å². The molecule has 0 saturated carbocycles. The van der Waals surface area contributed by atoms with Gasteiger partial charge in [0.15, 0.2) is 6.61 Å². The number of anilines is 1. The Morgan fingerprint density at radius 2 is 1.89 bits per heavy atom. The number of rotatable bonds is 5. The summed E-state index contributed by atoms with van der Waals surface area (Å²) in [7, 11) is 0. The topological polar surface area (TPSA) is 106 Å². The van der Waals surface area contributed by atoms with Gasteiger partial charge < -0.3 is 15.2 Å². The fourth-order valence-corrected chi connectivity index (χ4v) is 2.55. The molecule has 0 fully saturated rings. The van der Waals surface area contributed by atoms with Crippen LogP contribution in [0.4, 0.5) is 5.69 Å². The minimum atomic E-state index is -0.859. The minimum absolute atomic E-state index is 0.0988. The van der Waals surface area contributed by atoms with Crippen molar-refractivity contribution in [1.29, 1.82) is 0 Å². The molecule has 2 N–H and O–H groups in total. The summed E-state index contributed by atoms with van der Waals surface area (Å²) in [5.74, 6) is -1.79. The molecule has 0 bridgehead atoms. The van der Waals surface area contributed by atoms with Crippen LogP contribution in [0.25, 0.3) is 5.69 Å². The number of esters is 1. The normalized spacial score (nSPS) is 10.4. The monoisotopic (exact) mass is 406 g/mol. The van der Waals surface area contributed by atoms with Crippen molar-refractivity contribution in [2.24, 2.45) is 0 Å². The summed E-state index contributed by atoms with van der Waals surface area (Å²) in [4.78, 5) is 28.0. The Kier molecular flexibility index (Phi) is 5.58. The second-order valence-electron chi connectivity index (χ2n) is 5.29. The van der Waals surface area contributed by atoms with Gasteiger partial charge >= 0.3 is 5.97 Å². The summed E-state index contributed by atoms with van der Waals surface area (Å²) >= 11 is 11.7. The largest absolute Gasteiger partial charge is 0.507 e. The van der Waals surface area contributed by atoms with Crippen LogP contribution >= 0.6 is 23.2 Å². The predicted octanol–water partition coefficient (Wildman–Crippen LogP) is 3.08. The van der Waals surface area contributed by atoms with Gasteiger partial charge in [0.1, 0.15) is 24.0 Å². The van der Waals surface area contributed by atoms with E-state index in [-0.39, 0.29) is 16.3 Å². The van der Waals surface area contributed by atoms with Gasteiger partial charge in [-0.15, -0.1) is 0 Å². The van der Waals surface area contributed by atoms with Crippen molar-refractivity contribution in [2.45, 2.75) is 0 Å². The van der Waals surface area contributed by atoms with Crippen LogP contribution in [0.5, 0.6) is 5.75 Å². The fourth-order valence-electron chi connectivity index (χ4n) is 2.21. The van der Waals surface area contributed by atoms with Crippen molar-refractivity contribution in [1.82, 2.24) is 14.8 Å². The molecule has 0 aliphatic carbocycles. The molecule has 138 valence electrons. The Bertz CT molecular complexity index is 993. The van der Waals surface area contributed by atoms with E-state index in [9.17, 15) is 14.7 Å². The van der Waals surface area contributed by atoms with Gasteiger partial charge in [-0.3, -0.25) is 4.79 Å². The first-order valence-electron chi connectivity index (χ1n) is 7.54. The average Bonchev–Trinajstić information content (AvgIpc) is 3.14. The molecule has 1 amide bonds. The zero-order valence-electron chi connectivity index (χ0n) is 13.6. The van der Waals surface area contributed by atoms with E-state index in [1.54, 1.807) is 12.1 Å². The van der Waals surface area contributed by atoms with Crippen molar-refractivity contribution in [2.75, 3.05) is 11.9 Å². The number of phenolic OH excluding ortho intramolecular Hbond substituents is 1. The van der Waals surface area contributed by atoms with Gasteiger partial charge in [-0.25, -0.2) is 14.5 Å². The summed E-state index contributed by atoms with van der Waals surface area (Å²) in [6.45, 7) is -0.565. The van der Waals surface area contributed by atoms with Crippen LogP contribution in [0.1, 0.15) is 10.4 Å². The van der Waals surface area contributed by atoms with Gasteiger partial charge in [-0.2, -0.15) is 5.10 Å². The molecule has 27 heavy (non-hydrogen) atoms. The highest BCUT2D eigenvalue weighted by atomic mass is 35.5. The smallest absolute Gasteiger partial charge is 0.342 e. The molecule has 0 aliphatic rings. The first-order chi connectivity index (χ1) is 12.9. The lowest BCUT2D eigenvalue weighted by Gasteiger charge is -2.12. The van der Waals surface area contributed by atoms with E-state index < -0.39 is 18.5 Å². The number of carbonyl (C=O) groups is 2. The second-order valence-corrected chi connectivity index (χ2v) is 6.16. The first-order valence-corrected chi connectivity index (χ1v) is 8.29. The van der Waals surface area contributed by atoms with Crippen molar-refractivity contribution in [3.63, 3.8) is 0 Å². The number of aromatic nitrogens is 3. The molecular formula is C17H12Cl2N4O4. The van der Waals surface area contributed by atoms with Crippen LogP contribution in [-0.2, 0) is 9.53 Å². The number of hydrogen-bond acceptors (Lipinski definition) is 6. The van der Waals surface area contributed by atoms with Gasteiger partial charge in [0, 0.05) is 10.0 Å². The molecule has 0 spiro atoms. The minimum Gasteiger partial charge on any atom is -0.507 e. The molecule has 8 nitrogen and oxygen atoms in total. The molecular weight excluding hydrogens is 395 g/mol. The Morgan fingerprint density at radius 1 is 1.15 bits per heavy atom. The van der Waals surface area contributed by atoms with Gasteiger partial charge in [0.05, 0.1) is 11.4 Å². The van der Waals surface area contributed by atoms with Gasteiger partial charge in [0.25, 0.3) is 5.91 Å². The van der Waals surface area contributed by atoms with E-state index in [4.69, 9.17) is 27.9 Å². The van der Waals surface area contributed by atoms with Gasteiger partial charge in [-0.1, -0.05) is 23.2 Å². The summed E-state index contributed by atoms with van der Waals surface area (Å²) in [5, 5.41) is 17.0. The Labute approximate surface area is 163 Å². The molecule has 0 saturated heterocycles. The number of halogens is 2. The van der Waals surface area contributed by atoms with E-state index >= 15 is 0 Å². The van der Waals surface area contributed by atoms with Crippen molar-refractivity contribution in [3.8, 4) is 11.4 Å². The number of nitrogens with zero attached hydrogens (tertiary/aromatic N) is 3. The highest BCUT2D eigenvalue weighted by Crippen LogP contribution is 2.24. The van der Waals surface area contributed by atoms with Crippen LogP contribution in [0.15, 0.2) is 49.1 Å². The quantitative estimate of drug-likeness (QED) is 0.630. The van der Waals surface area contributed by atoms with E-state index in [0.717, 1.165) is 0 Å². The zero-order valence-corrected chi connectivity index (χ0v) is 15.1. The number of carbonyl (C=O) groups excluding carboxylic acids is 2. The van der Waals surface area contributed by atoms with Crippen LogP contribution in [0.2, 0.25) is 10.0 Å². The second kappa shape index (κ2) is 8.07. The molecule has 1 heterocycles. The molecule has 3 aromatic rings. The summed E-state index contributed by atoms with van der Waals surface area (Å²) in [6, 6.07) is 8.76. The third-order valence-electron chi connectivity index (χ3n) is 3.41. The number of amides is 1. The summed E-state index contributed by atoms with van der Waals surface area (Å²) < 4.78 is 6.37. The molecule has 0 radical (unpaired) electrons. The number of phenols is 1. The van der Waals surface area contributed by atoms with Crippen molar-refractivity contribution in [3.05, 3.63) is 64.7 Å². The lowest BCUT2D eigenvalue weighted by atomic mass is 10.2. The third kappa shape index (κ3) is 4.55. The Morgan fingerprint density at radius 3 is 2.59 bits per heavy atom. The van der Waals surface area contributed by atoms with Crippen LogP contribution < -0.4 is 5.32 Å². The van der Waals surface area contributed by atoms with Gasteiger partial charge in [0.2, 0.25) is 0 Å². The molecule has 0 atom stereocenters. The number of hydrogen-bond donors (Lipinski definition) is 2. The van der Waals surface area contributed by atoms with E-state index in [0.29, 0.717) is 16.4 Å². The molecule has 2 aromatic carbocycles. The van der Waals surface area contributed by atoms with Crippen molar-refractivity contribution < 1.29 is 19.4 Å². The number of ether oxygens (including phenoxy) is 1. The first kappa shape index (κ1) is 18.7. The lowest BCUT2D eigenvalue weighted by Crippen LogP contribution is -2.21. The number of nitrogens with one attached hydrogen (secondary N) is 1. The SMILES string of the molecule is O=C(COC(=O)c1ccc(Cl)cc1O)Nc1cc(Cl)ccc1-n1cncn1. The van der Waals surface area contributed by atoms with Crippen molar-refractivity contribution >= 4 is 40.8 Å². The van der Waals surface area contributed by atoms with E-state index in [1.165, 1.54) is 41.6 Å². The summed E-state index contributed by atoms with van der Waals surface area (Å²) in [5.41, 5.74) is 0.800. The predicted molar refractivity (Wildman–Crippen MR) is 98.4 cm³/mol. The molecule has 3 rings (SSSR count). The standard InChI is InChI=1S/C17H12Cl2N4O4/c18-10-2-4-14(23-9-20-8-21-23)13(5-10)22-16(25)7-27-17(26)12-3-1-11(19)6-15(12)24/h1-6,8-9,24H,7H2,(H,22,25). The van der Waals surface area contributed by atoms with Crippen LogP contribution in [0.3, 0.4) is 0 Å². The van der Waals surface area contributed by atoms with Crippen LogP contribution in [-0.4, -0.2) is 38.4 Å². The van der Waals surface area contributed by atoms with Gasteiger partial charge in [-0.05, 0) is 36.4 Å². The lowest BCUT2D eigenvalue weighted by molar-refractivity contribution is -0.119. The molecule has 10 heteroatoms. The van der Waals surface area contributed by atoms with E-state index in [2.05, 4.69) is 15.4 Å². The maximum Gasteiger partial charge on any atom is 0.342 e. The fraction of sp³-hybridized carbons (Fsp3) is 0.0588. The highest BCUT2D eigenvalue weighted by Gasteiger charge is 2.16. The number of aromatic hydroxyl groups is 1. The maximum absolute atomic E-state index is 12.2. The molecule has 0 unspecified atom stereocenters. The third-order valence-corrected chi connectivity index (χ3v) is 3.88. The zero-order chi connectivity index (χ0) is 19.4.